The Morgan fingerprint density at radius 2 is 0.925 bits per heavy atom. The summed E-state index contributed by atoms with van der Waals surface area (Å²) in [6.45, 7) is 4.70. The van der Waals surface area contributed by atoms with Crippen LogP contribution in [0.3, 0.4) is 0 Å². The van der Waals surface area contributed by atoms with Crippen LogP contribution in [0.4, 0.5) is 0 Å². The van der Waals surface area contributed by atoms with Gasteiger partial charge in [0.2, 0.25) is 0 Å². The van der Waals surface area contributed by atoms with Crippen molar-refractivity contribution in [2.45, 2.75) is 141 Å². The molecule has 40 heavy (non-hydrogen) atoms. The Bertz CT molecular complexity index is 938. The van der Waals surface area contributed by atoms with Crippen LogP contribution >= 0.6 is 0 Å². The Morgan fingerprint density at radius 3 is 1.35 bits per heavy atom. The van der Waals surface area contributed by atoms with E-state index in [-0.39, 0.29) is 35.2 Å². The molecule has 0 heterocycles. The molecule has 14 atom stereocenters. The van der Waals surface area contributed by atoms with Gasteiger partial charge in [0.25, 0.3) is 0 Å². The molecular weight excluding hydrogens is 496 g/mol. The van der Waals surface area contributed by atoms with Crippen LogP contribution in [-0.2, 0) is 0 Å². The maximum Gasteiger partial charge on any atom is 0.0723 e. The molecule has 6 saturated carbocycles. The zero-order valence-electron chi connectivity index (χ0n) is 25.2. The Balaban J connectivity index is 0.000000132. The fourth-order valence-electron chi connectivity index (χ4n) is 12.6. The van der Waals surface area contributed by atoms with Gasteiger partial charge in [0.15, 0.2) is 0 Å². The van der Waals surface area contributed by atoms with Crippen molar-refractivity contribution in [1.29, 1.82) is 0 Å². The number of allylic oxidation sites excluding steroid dienone is 2. The van der Waals surface area contributed by atoms with Crippen molar-refractivity contribution in [1.82, 2.24) is 0 Å². The molecule has 4 heteroatoms. The van der Waals surface area contributed by atoms with Gasteiger partial charge in [-0.2, -0.15) is 0 Å². The second-order valence-electron chi connectivity index (χ2n) is 16.2. The summed E-state index contributed by atoms with van der Waals surface area (Å²) in [6.07, 6.45) is 22.7. The topological polar surface area (TPSA) is 80.9 Å². The SMILES string of the molecule is C[C@]12CC[C@H]3[C@@H](CCC4=C[C@@H](O)CC[C@@H]43)[C@@H]1CC[C@@H]2O.C[C@]12CC[C@H]3[C@@H](CCC4=C[C@@H](O)CC[C@@H]43)[C@@H]1CC[C@H]2O. The van der Waals surface area contributed by atoms with Gasteiger partial charge >= 0.3 is 0 Å². The van der Waals surface area contributed by atoms with E-state index in [0.717, 1.165) is 73.0 Å². The zero-order valence-corrected chi connectivity index (χ0v) is 25.2. The number of aliphatic hydroxyl groups is 4. The van der Waals surface area contributed by atoms with E-state index in [2.05, 4.69) is 26.0 Å². The van der Waals surface area contributed by atoms with Crippen molar-refractivity contribution in [3.05, 3.63) is 23.3 Å². The Kier molecular flexibility index (Phi) is 7.37. The standard InChI is InChI=1S/2C18H28O2/c2*1-18-9-8-14-13-5-3-12(19)10-11(13)2-4-15(14)16(18)6-7-17(18)20/h2*10,12-17,19-20H,2-9H2,1H3/t12-,13-,14+,15+,16-,17+,18-;12-,13-,14+,15+,16-,17-,18-/m00/s1. The molecule has 8 aliphatic carbocycles. The lowest BCUT2D eigenvalue weighted by atomic mass is 9.52. The average molecular weight is 553 g/mol. The molecule has 0 bridgehead atoms. The second kappa shape index (κ2) is 10.5. The van der Waals surface area contributed by atoms with Crippen LogP contribution in [0.1, 0.15) is 117 Å². The predicted molar refractivity (Wildman–Crippen MR) is 158 cm³/mol. The van der Waals surface area contributed by atoms with Gasteiger partial charge in [-0.15, -0.1) is 0 Å². The van der Waals surface area contributed by atoms with Crippen LogP contribution in [0.25, 0.3) is 0 Å². The first kappa shape index (κ1) is 28.1. The van der Waals surface area contributed by atoms with Crippen LogP contribution in [-0.4, -0.2) is 44.8 Å². The highest BCUT2D eigenvalue weighted by atomic mass is 16.3. The summed E-state index contributed by atoms with van der Waals surface area (Å²) < 4.78 is 0. The first-order valence-corrected chi connectivity index (χ1v) is 17.3. The monoisotopic (exact) mass is 552 g/mol. The van der Waals surface area contributed by atoms with Gasteiger partial charge in [-0.05, 0) is 161 Å². The molecule has 0 aromatic rings. The van der Waals surface area contributed by atoms with E-state index >= 15 is 0 Å². The molecule has 0 aromatic heterocycles. The van der Waals surface area contributed by atoms with Crippen LogP contribution in [0, 0.1) is 58.2 Å². The number of fused-ring (bicyclic) bond motifs is 10. The molecule has 0 spiro atoms. The van der Waals surface area contributed by atoms with Gasteiger partial charge < -0.3 is 20.4 Å². The molecule has 0 aliphatic heterocycles. The molecule has 8 aliphatic rings. The first-order chi connectivity index (χ1) is 19.2. The summed E-state index contributed by atoms with van der Waals surface area (Å²) in [5.74, 6) is 6.36. The fraction of sp³-hybridized carbons (Fsp3) is 0.889. The predicted octanol–water partition coefficient (Wildman–Crippen LogP) is 6.56. The Morgan fingerprint density at radius 1 is 0.500 bits per heavy atom. The second-order valence-corrected chi connectivity index (χ2v) is 16.2. The van der Waals surface area contributed by atoms with Crippen LogP contribution < -0.4 is 0 Å². The third-order valence-corrected chi connectivity index (χ3v) is 14.8. The van der Waals surface area contributed by atoms with Gasteiger partial charge in [-0.25, -0.2) is 0 Å². The molecule has 0 amide bonds. The molecule has 8 rings (SSSR count). The number of hydrogen-bond acceptors (Lipinski definition) is 4. The average Bonchev–Trinajstić information content (AvgIpc) is 3.43. The summed E-state index contributed by atoms with van der Waals surface area (Å²) in [4.78, 5) is 0. The number of hydrogen-bond donors (Lipinski definition) is 4. The quantitative estimate of drug-likeness (QED) is 0.257. The summed E-state index contributed by atoms with van der Waals surface area (Å²) in [5, 5.41) is 40.5. The molecule has 4 N–H and O–H groups in total. The summed E-state index contributed by atoms with van der Waals surface area (Å²) in [7, 11) is 0. The Labute approximate surface area is 242 Å². The van der Waals surface area contributed by atoms with Crippen molar-refractivity contribution < 1.29 is 20.4 Å². The van der Waals surface area contributed by atoms with Gasteiger partial charge in [0.05, 0.1) is 24.4 Å². The van der Waals surface area contributed by atoms with Crippen molar-refractivity contribution in [2.24, 2.45) is 58.2 Å². The molecule has 4 nitrogen and oxygen atoms in total. The lowest BCUT2D eigenvalue weighted by molar-refractivity contribution is -0.0548. The largest absolute Gasteiger partial charge is 0.393 e. The summed E-state index contributed by atoms with van der Waals surface area (Å²) in [5.41, 5.74) is 3.53. The number of rotatable bonds is 0. The Hall–Kier alpha value is -0.680. The highest BCUT2D eigenvalue weighted by molar-refractivity contribution is 5.21. The van der Waals surface area contributed by atoms with E-state index < -0.39 is 0 Å². The molecular formula is C36H56O4. The molecule has 0 aromatic carbocycles. The maximum absolute atomic E-state index is 10.4. The van der Waals surface area contributed by atoms with Crippen molar-refractivity contribution >= 4 is 0 Å². The minimum Gasteiger partial charge on any atom is -0.393 e. The maximum atomic E-state index is 10.4. The highest BCUT2D eigenvalue weighted by Gasteiger charge is 2.57. The lowest BCUT2D eigenvalue weighted by Crippen LogP contribution is -2.47. The highest BCUT2D eigenvalue weighted by Crippen LogP contribution is 2.63. The van der Waals surface area contributed by atoms with Crippen LogP contribution in [0.15, 0.2) is 23.3 Å². The summed E-state index contributed by atoms with van der Waals surface area (Å²) in [6, 6.07) is 0. The summed E-state index contributed by atoms with van der Waals surface area (Å²) >= 11 is 0. The molecule has 0 radical (unpaired) electrons. The van der Waals surface area contributed by atoms with E-state index in [4.69, 9.17) is 0 Å². The molecule has 0 saturated heterocycles. The third kappa shape index (κ3) is 4.44. The van der Waals surface area contributed by atoms with Crippen LogP contribution in [0.2, 0.25) is 0 Å². The van der Waals surface area contributed by atoms with Gasteiger partial charge in [0.1, 0.15) is 0 Å². The minimum absolute atomic E-state index is 0.0569. The lowest BCUT2D eigenvalue weighted by Gasteiger charge is -2.53. The van der Waals surface area contributed by atoms with Crippen molar-refractivity contribution in [3.8, 4) is 0 Å². The smallest absolute Gasteiger partial charge is 0.0723 e. The molecule has 0 unspecified atom stereocenters. The van der Waals surface area contributed by atoms with E-state index in [1.54, 1.807) is 11.1 Å². The third-order valence-electron chi connectivity index (χ3n) is 14.8. The minimum atomic E-state index is -0.181. The molecule has 6 fully saturated rings. The van der Waals surface area contributed by atoms with E-state index in [0.29, 0.717) is 0 Å². The van der Waals surface area contributed by atoms with E-state index in [1.807, 2.05) is 0 Å². The van der Waals surface area contributed by atoms with E-state index in [9.17, 15) is 20.4 Å². The van der Waals surface area contributed by atoms with Gasteiger partial charge in [-0.3, -0.25) is 0 Å². The van der Waals surface area contributed by atoms with Gasteiger partial charge in [-0.1, -0.05) is 37.1 Å². The van der Waals surface area contributed by atoms with Crippen molar-refractivity contribution in [3.63, 3.8) is 0 Å². The first-order valence-electron chi connectivity index (χ1n) is 17.3. The number of aliphatic hydroxyl groups excluding tert-OH is 4. The van der Waals surface area contributed by atoms with Crippen LogP contribution in [0.5, 0.6) is 0 Å². The zero-order chi connectivity index (χ0) is 27.8. The normalized spacial score (nSPS) is 54.6. The molecule has 224 valence electrons. The fourth-order valence-corrected chi connectivity index (χ4v) is 12.6. The van der Waals surface area contributed by atoms with Gasteiger partial charge in [0, 0.05) is 0 Å². The van der Waals surface area contributed by atoms with E-state index in [1.165, 1.54) is 77.0 Å². The van der Waals surface area contributed by atoms with Crippen molar-refractivity contribution in [2.75, 3.05) is 0 Å².